The van der Waals surface area contributed by atoms with Crippen LogP contribution in [-0.4, -0.2) is 34.5 Å². The van der Waals surface area contributed by atoms with Crippen LogP contribution in [0.4, 0.5) is 11.4 Å². The van der Waals surface area contributed by atoms with Crippen LogP contribution in [0.2, 0.25) is 0 Å². The van der Waals surface area contributed by atoms with Crippen LogP contribution in [0.1, 0.15) is 18.4 Å². The number of aromatic nitrogens is 2. The lowest BCUT2D eigenvalue weighted by molar-refractivity contribution is 0.145. The number of hydrogen-bond acceptors (Lipinski definition) is 4. The first-order chi connectivity index (χ1) is 11.8. The van der Waals surface area contributed by atoms with Gasteiger partial charge in [0.1, 0.15) is 0 Å². The fourth-order valence-corrected chi connectivity index (χ4v) is 3.30. The van der Waals surface area contributed by atoms with Crippen LogP contribution >= 0.6 is 0 Å². The minimum atomic E-state index is -0.150. The summed E-state index contributed by atoms with van der Waals surface area (Å²) in [5, 5.41) is 21.5. The number of fused-ring (bicyclic) bond motifs is 1. The number of nitrogens with zero attached hydrogens (tertiary/aromatic N) is 2. The van der Waals surface area contributed by atoms with E-state index in [1.54, 1.807) is 0 Å². The monoisotopic (exact) mass is 322 g/mol. The third-order valence-electron chi connectivity index (χ3n) is 4.70. The largest absolute Gasteiger partial charge is 0.393 e. The van der Waals surface area contributed by atoms with Gasteiger partial charge >= 0.3 is 0 Å². The third-order valence-corrected chi connectivity index (χ3v) is 4.70. The number of aliphatic hydroxyl groups is 1. The van der Waals surface area contributed by atoms with Gasteiger partial charge in [0.25, 0.3) is 0 Å². The van der Waals surface area contributed by atoms with Crippen molar-refractivity contribution in [3.8, 4) is 0 Å². The molecule has 5 nitrogen and oxygen atoms in total. The van der Waals surface area contributed by atoms with Gasteiger partial charge in [0.2, 0.25) is 0 Å². The zero-order chi connectivity index (χ0) is 16.4. The van der Waals surface area contributed by atoms with E-state index in [0.29, 0.717) is 0 Å². The summed E-state index contributed by atoms with van der Waals surface area (Å²) in [6.07, 6.45) is 3.37. The van der Waals surface area contributed by atoms with E-state index in [1.165, 1.54) is 11.3 Å². The van der Waals surface area contributed by atoms with Crippen LogP contribution in [0, 0.1) is 0 Å². The van der Waals surface area contributed by atoms with Crippen molar-refractivity contribution >= 4 is 22.3 Å². The van der Waals surface area contributed by atoms with Crippen molar-refractivity contribution in [2.45, 2.75) is 25.5 Å². The number of rotatable bonds is 4. The molecule has 124 valence electrons. The zero-order valence-corrected chi connectivity index (χ0v) is 13.6. The fourth-order valence-electron chi connectivity index (χ4n) is 3.30. The maximum Gasteiger partial charge on any atom is 0.0653 e. The molecule has 3 N–H and O–H groups in total. The summed E-state index contributed by atoms with van der Waals surface area (Å²) in [4.78, 5) is 2.35. The normalized spacial score (nSPS) is 15.8. The molecule has 0 spiro atoms. The molecule has 24 heavy (non-hydrogen) atoms. The first-order valence-corrected chi connectivity index (χ1v) is 8.47. The number of nitrogens with one attached hydrogen (secondary N) is 2. The van der Waals surface area contributed by atoms with Crippen LogP contribution < -0.4 is 10.2 Å². The molecule has 0 amide bonds. The van der Waals surface area contributed by atoms with Gasteiger partial charge in [-0.15, -0.1) is 0 Å². The second-order valence-electron chi connectivity index (χ2n) is 6.38. The van der Waals surface area contributed by atoms with Crippen LogP contribution in [-0.2, 0) is 6.54 Å². The van der Waals surface area contributed by atoms with Crippen LogP contribution in [0.3, 0.4) is 0 Å². The molecular formula is C19H22N4O. The van der Waals surface area contributed by atoms with E-state index >= 15 is 0 Å². The SMILES string of the molecule is OC1CCN(c2ccccc2NCc2ccc3cn[nH]c3c2)CC1. The Hall–Kier alpha value is -2.53. The van der Waals surface area contributed by atoms with Gasteiger partial charge in [-0.3, -0.25) is 5.10 Å². The molecule has 1 aliphatic rings. The molecule has 3 aromatic rings. The lowest BCUT2D eigenvalue weighted by Gasteiger charge is -2.33. The highest BCUT2D eigenvalue weighted by molar-refractivity contribution is 5.78. The summed E-state index contributed by atoms with van der Waals surface area (Å²) in [6, 6.07) is 14.8. The smallest absolute Gasteiger partial charge is 0.0653 e. The first kappa shape index (κ1) is 15.0. The molecule has 2 aromatic carbocycles. The number of benzene rings is 2. The van der Waals surface area contributed by atoms with E-state index in [0.717, 1.165) is 49.1 Å². The number of aromatic amines is 1. The molecule has 0 radical (unpaired) electrons. The first-order valence-electron chi connectivity index (χ1n) is 8.47. The highest BCUT2D eigenvalue weighted by Crippen LogP contribution is 2.28. The number of piperidine rings is 1. The lowest BCUT2D eigenvalue weighted by Crippen LogP contribution is -2.36. The molecule has 2 heterocycles. The minimum Gasteiger partial charge on any atom is -0.393 e. The van der Waals surface area contributed by atoms with E-state index in [9.17, 15) is 5.11 Å². The number of aliphatic hydroxyl groups excluding tert-OH is 1. The number of H-pyrrole nitrogens is 1. The quantitative estimate of drug-likeness (QED) is 0.690. The van der Waals surface area contributed by atoms with Crippen molar-refractivity contribution in [1.29, 1.82) is 0 Å². The van der Waals surface area contributed by atoms with Crippen LogP contribution in [0.15, 0.2) is 48.7 Å². The van der Waals surface area contributed by atoms with Crippen molar-refractivity contribution < 1.29 is 5.11 Å². The van der Waals surface area contributed by atoms with Crippen LogP contribution in [0.5, 0.6) is 0 Å². The molecule has 0 aliphatic carbocycles. The van der Waals surface area contributed by atoms with Crippen molar-refractivity contribution in [2.24, 2.45) is 0 Å². The highest BCUT2D eigenvalue weighted by atomic mass is 16.3. The maximum absolute atomic E-state index is 9.71. The van der Waals surface area contributed by atoms with Gasteiger partial charge in [0, 0.05) is 25.0 Å². The summed E-state index contributed by atoms with van der Waals surface area (Å²) in [6.45, 7) is 2.57. The van der Waals surface area contributed by atoms with E-state index in [1.807, 2.05) is 6.20 Å². The number of anilines is 2. The van der Waals surface area contributed by atoms with Gasteiger partial charge in [-0.05, 0) is 36.6 Å². The Morgan fingerprint density at radius 2 is 2.00 bits per heavy atom. The molecule has 1 saturated heterocycles. The Kier molecular flexibility index (Phi) is 4.09. The zero-order valence-electron chi connectivity index (χ0n) is 13.6. The molecule has 5 heteroatoms. The van der Waals surface area contributed by atoms with Crippen molar-refractivity contribution in [2.75, 3.05) is 23.3 Å². The topological polar surface area (TPSA) is 64.2 Å². The van der Waals surface area contributed by atoms with Gasteiger partial charge in [0.05, 0.1) is 29.2 Å². The predicted molar refractivity (Wildman–Crippen MR) is 97.3 cm³/mol. The Labute approximate surface area is 141 Å². The summed E-state index contributed by atoms with van der Waals surface area (Å²) in [5.74, 6) is 0. The fraction of sp³-hybridized carbons (Fsp3) is 0.316. The second kappa shape index (κ2) is 6.53. The van der Waals surface area contributed by atoms with Gasteiger partial charge in [0.15, 0.2) is 0 Å². The molecule has 0 unspecified atom stereocenters. The third kappa shape index (κ3) is 3.08. The molecule has 0 atom stereocenters. The molecule has 1 aliphatic heterocycles. The average Bonchev–Trinajstić information content (AvgIpc) is 3.09. The Morgan fingerprint density at radius 1 is 1.17 bits per heavy atom. The van der Waals surface area contributed by atoms with E-state index in [2.05, 4.69) is 62.9 Å². The van der Waals surface area contributed by atoms with Crippen molar-refractivity contribution in [1.82, 2.24) is 10.2 Å². The van der Waals surface area contributed by atoms with Crippen molar-refractivity contribution in [3.05, 3.63) is 54.2 Å². The molecule has 1 fully saturated rings. The predicted octanol–water partition coefficient (Wildman–Crippen LogP) is 3.14. The molecular weight excluding hydrogens is 300 g/mol. The maximum atomic E-state index is 9.71. The van der Waals surface area contributed by atoms with Crippen molar-refractivity contribution in [3.63, 3.8) is 0 Å². The average molecular weight is 322 g/mol. The summed E-state index contributed by atoms with van der Waals surface area (Å²) in [5.41, 5.74) is 4.63. The molecule has 4 rings (SSSR count). The summed E-state index contributed by atoms with van der Waals surface area (Å²) >= 11 is 0. The molecule has 0 saturated carbocycles. The van der Waals surface area contributed by atoms with E-state index in [-0.39, 0.29) is 6.10 Å². The van der Waals surface area contributed by atoms with Gasteiger partial charge < -0.3 is 15.3 Å². The van der Waals surface area contributed by atoms with Crippen LogP contribution in [0.25, 0.3) is 10.9 Å². The minimum absolute atomic E-state index is 0.150. The van der Waals surface area contributed by atoms with E-state index in [4.69, 9.17) is 0 Å². The van der Waals surface area contributed by atoms with Gasteiger partial charge in [-0.25, -0.2) is 0 Å². The lowest BCUT2D eigenvalue weighted by atomic mass is 10.1. The highest BCUT2D eigenvalue weighted by Gasteiger charge is 2.19. The Morgan fingerprint density at radius 3 is 2.88 bits per heavy atom. The standard InChI is InChI=1S/C19H22N4O/c24-16-7-9-23(10-8-16)19-4-2-1-3-17(19)20-12-14-5-6-15-13-21-22-18(15)11-14/h1-6,11,13,16,20,24H,7-10,12H2,(H,21,22). The summed E-state index contributed by atoms with van der Waals surface area (Å²) in [7, 11) is 0. The number of para-hydroxylation sites is 2. The van der Waals surface area contributed by atoms with Gasteiger partial charge in [-0.1, -0.05) is 24.3 Å². The Balaban J connectivity index is 1.50. The Bertz CT molecular complexity index is 821. The molecule has 0 bridgehead atoms. The van der Waals surface area contributed by atoms with Gasteiger partial charge in [-0.2, -0.15) is 5.10 Å². The van der Waals surface area contributed by atoms with E-state index < -0.39 is 0 Å². The summed E-state index contributed by atoms with van der Waals surface area (Å²) < 4.78 is 0. The molecule has 1 aromatic heterocycles. The number of hydrogen-bond donors (Lipinski definition) is 3. The second-order valence-corrected chi connectivity index (χ2v) is 6.38.